The van der Waals surface area contributed by atoms with Gasteiger partial charge in [-0.15, -0.1) is 0 Å². The summed E-state index contributed by atoms with van der Waals surface area (Å²) in [7, 11) is 0. The summed E-state index contributed by atoms with van der Waals surface area (Å²) in [6.45, 7) is 6.39. The van der Waals surface area contributed by atoms with Gasteiger partial charge in [-0.25, -0.2) is 13.6 Å². The minimum absolute atomic E-state index is 0.242. The third-order valence-corrected chi connectivity index (χ3v) is 3.38. The Morgan fingerprint density at radius 2 is 1.31 bits per heavy atom. The summed E-state index contributed by atoms with van der Waals surface area (Å²) >= 11 is 0. The van der Waals surface area contributed by atoms with Crippen LogP contribution in [0.25, 0.3) is 0 Å². The fourth-order valence-electron chi connectivity index (χ4n) is 1.77. The topological polar surface area (TPSA) is 26.3 Å². The van der Waals surface area contributed by atoms with Crippen LogP contribution in [0.4, 0.5) is 35.1 Å². The normalized spacial score (nSPS) is 13.5. The average molecular weight is 396 g/mol. The summed E-state index contributed by atoms with van der Waals surface area (Å²) in [4.78, 5) is 12.1. The second kappa shape index (κ2) is 7.56. The van der Waals surface area contributed by atoms with Crippen molar-refractivity contribution in [3.63, 3.8) is 0 Å². The zero-order valence-electron chi connectivity index (χ0n) is 15.0. The Hall–Kier alpha value is -1.61. The maximum absolute atomic E-state index is 14.1. The Morgan fingerprint density at radius 1 is 0.885 bits per heavy atom. The predicted octanol–water partition coefficient (Wildman–Crippen LogP) is 5.78. The van der Waals surface area contributed by atoms with Gasteiger partial charge in [0.05, 0.1) is 5.57 Å². The second-order valence-corrected chi connectivity index (χ2v) is 6.61. The van der Waals surface area contributed by atoms with Gasteiger partial charge in [0.25, 0.3) is 0 Å². The fourth-order valence-corrected chi connectivity index (χ4v) is 1.77. The number of hydrogen-bond acceptors (Lipinski definition) is 2. The van der Waals surface area contributed by atoms with Gasteiger partial charge in [-0.3, -0.25) is 0 Å². The SMILES string of the molecule is CC(C)=CC(C(=O)OC(C)(C)C(F)(F)C(F)(F)C(F)(F)C(F)F)=C(C)C. The number of esters is 1. The summed E-state index contributed by atoms with van der Waals surface area (Å²) in [6.07, 6.45) is -3.83. The molecular formula is C16H20F8O2. The molecule has 0 unspecified atom stereocenters. The van der Waals surface area contributed by atoms with Crippen LogP contribution < -0.4 is 0 Å². The Balaban J connectivity index is 5.99. The highest BCUT2D eigenvalue weighted by atomic mass is 19.4. The van der Waals surface area contributed by atoms with E-state index in [1.54, 1.807) is 13.8 Å². The molecule has 0 aliphatic heterocycles. The first-order valence-electron chi connectivity index (χ1n) is 7.30. The van der Waals surface area contributed by atoms with Crippen LogP contribution in [-0.2, 0) is 9.53 Å². The van der Waals surface area contributed by atoms with E-state index < -0.39 is 35.8 Å². The van der Waals surface area contributed by atoms with E-state index in [0.29, 0.717) is 5.57 Å². The monoisotopic (exact) mass is 396 g/mol. The number of hydrogen-bond donors (Lipinski definition) is 0. The van der Waals surface area contributed by atoms with Crippen molar-refractivity contribution < 1.29 is 44.7 Å². The van der Waals surface area contributed by atoms with Crippen LogP contribution in [0.5, 0.6) is 0 Å². The summed E-state index contributed by atoms with van der Waals surface area (Å²) in [5, 5.41) is 0. The van der Waals surface area contributed by atoms with Crippen molar-refractivity contribution in [3.8, 4) is 0 Å². The molecule has 0 aromatic heterocycles. The Kier molecular flexibility index (Phi) is 7.09. The Bertz CT molecular complexity index is 595. The van der Waals surface area contributed by atoms with Crippen LogP contribution in [0.2, 0.25) is 0 Å². The minimum Gasteiger partial charge on any atom is -0.449 e. The number of halogens is 8. The van der Waals surface area contributed by atoms with Gasteiger partial charge in [0.15, 0.2) is 5.60 Å². The van der Waals surface area contributed by atoms with Crippen molar-refractivity contribution >= 4 is 5.97 Å². The third-order valence-electron chi connectivity index (χ3n) is 3.38. The van der Waals surface area contributed by atoms with E-state index in [4.69, 9.17) is 0 Å². The first kappa shape index (κ1) is 24.4. The molecule has 0 aromatic rings. The van der Waals surface area contributed by atoms with Gasteiger partial charge in [-0.2, -0.15) is 26.3 Å². The van der Waals surface area contributed by atoms with E-state index in [9.17, 15) is 39.9 Å². The lowest BCUT2D eigenvalue weighted by Crippen LogP contribution is -2.66. The number of alkyl halides is 8. The summed E-state index contributed by atoms with van der Waals surface area (Å²) < 4.78 is 110. The van der Waals surface area contributed by atoms with Gasteiger partial charge >= 0.3 is 30.2 Å². The second-order valence-electron chi connectivity index (χ2n) is 6.61. The van der Waals surface area contributed by atoms with Crippen LogP contribution in [0.1, 0.15) is 41.5 Å². The van der Waals surface area contributed by atoms with Crippen molar-refractivity contribution in [3.05, 3.63) is 22.8 Å². The van der Waals surface area contributed by atoms with Crippen LogP contribution in [-0.4, -0.2) is 35.8 Å². The van der Waals surface area contributed by atoms with Crippen molar-refractivity contribution in [1.82, 2.24) is 0 Å². The first-order chi connectivity index (χ1) is 11.3. The summed E-state index contributed by atoms with van der Waals surface area (Å²) in [5.41, 5.74) is -2.95. The molecule has 0 N–H and O–H groups in total. The molecule has 0 saturated carbocycles. The van der Waals surface area contributed by atoms with Crippen LogP contribution >= 0.6 is 0 Å². The van der Waals surface area contributed by atoms with Gasteiger partial charge in [0, 0.05) is 0 Å². The molecule has 0 rings (SSSR count). The molecule has 2 nitrogen and oxygen atoms in total. The van der Waals surface area contributed by atoms with Crippen molar-refractivity contribution in [1.29, 1.82) is 0 Å². The number of ether oxygens (including phenoxy) is 1. The maximum atomic E-state index is 14.1. The van der Waals surface area contributed by atoms with Crippen LogP contribution in [0.15, 0.2) is 22.8 Å². The molecule has 10 heteroatoms. The highest BCUT2D eigenvalue weighted by Gasteiger charge is 2.80. The van der Waals surface area contributed by atoms with Crippen LogP contribution in [0, 0.1) is 0 Å². The van der Waals surface area contributed by atoms with E-state index in [-0.39, 0.29) is 25.0 Å². The van der Waals surface area contributed by atoms with Gasteiger partial charge in [-0.1, -0.05) is 11.1 Å². The maximum Gasteiger partial charge on any atom is 0.381 e. The molecule has 152 valence electrons. The molecular weight excluding hydrogens is 376 g/mol. The highest BCUT2D eigenvalue weighted by Crippen LogP contribution is 2.53. The first-order valence-corrected chi connectivity index (χ1v) is 7.30. The molecule has 0 amide bonds. The molecule has 0 fully saturated rings. The number of carbonyl (C=O) groups excluding carboxylic acids is 1. The Morgan fingerprint density at radius 3 is 1.62 bits per heavy atom. The van der Waals surface area contributed by atoms with E-state index in [0.717, 1.165) is 0 Å². The molecule has 0 spiro atoms. The number of allylic oxidation sites excluding steroid dienone is 2. The number of carbonyl (C=O) groups is 1. The molecule has 0 radical (unpaired) electrons. The molecule has 0 saturated heterocycles. The molecule has 0 atom stereocenters. The van der Waals surface area contributed by atoms with E-state index in [1.807, 2.05) is 0 Å². The minimum atomic E-state index is -6.47. The lowest BCUT2D eigenvalue weighted by Gasteiger charge is -2.40. The molecule has 0 aliphatic rings. The van der Waals surface area contributed by atoms with Crippen molar-refractivity contribution in [2.75, 3.05) is 0 Å². The standard InChI is InChI=1S/C16H20F8O2/c1-8(2)7-10(9(3)4)11(25)26-13(5,6)15(21,22)16(23,24)14(19,20)12(17)18/h7,12H,1-6H3. The quantitative estimate of drug-likeness (QED) is 0.236. The van der Waals surface area contributed by atoms with E-state index >= 15 is 0 Å². The Labute approximate surface area is 145 Å². The molecule has 0 aromatic carbocycles. The van der Waals surface area contributed by atoms with Gasteiger partial charge < -0.3 is 4.74 Å². The average Bonchev–Trinajstić information content (AvgIpc) is 2.42. The zero-order valence-corrected chi connectivity index (χ0v) is 15.0. The lowest BCUT2D eigenvalue weighted by molar-refractivity contribution is -0.370. The molecule has 0 aliphatic carbocycles. The van der Waals surface area contributed by atoms with Crippen molar-refractivity contribution in [2.24, 2.45) is 0 Å². The molecule has 26 heavy (non-hydrogen) atoms. The van der Waals surface area contributed by atoms with Gasteiger partial charge in [-0.05, 0) is 47.6 Å². The largest absolute Gasteiger partial charge is 0.449 e. The fraction of sp³-hybridized carbons (Fsp3) is 0.688. The van der Waals surface area contributed by atoms with Gasteiger partial charge in [0.1, 0.15) is 0 Å². The predicted molar refractivity (Wildman–Crippen MR) is 78.8 cm³/mol. The zero-order chi connectivity index (χ0) is 21.3. The van der Waals surface area contributed by atoms with Gasteiger partial charge in [0.2, 0.25) is 0 Å². The summed E-state index contributed by atoms with van der Waals surface area (Å²) in [6, 6.07) is 0. The van der Waals surface area contributed by atoms with Crippen LogP contribution in [0.3, 0.4) is 0 Å². The highest BCUT2D eigenvalue weighted by molar-refractivity contribution is 5.92. The summed E-state index contributed by atoms with van der Waals surface area (Å²) in [5.74, 6) is -20.1. The van der Waals surface area contributed by atoms with E-state index in [2.05, 4.69) is 4.74 Å². The van der Waals surface area contributed by atoms with E-state index in [1.165, 1.54) is 19.9 Å². The number of rotatable bonds is 7. The smallest absolute Gasteiger partial charge is 0.381 e. The molecule has 0 bridgehead atoms. The van der Waals surface area contributed by atoms with Crippen molar-refractivity contribution in [2.45, 2.75) is 71.3 Å². The molecule has 0 heterocycles. The third kappa shape index (κ3) is 4.37. The lowest BCUT2D eigenvalue weighted by atomic mass is 9.90.